The molecule has 1 aliphatic rings. The van der Waals surface area contributed by atoms with Gasteiger partial charge >= 0.3 is 0 Å². The molecule has 0 spiro atoms. The first-order valence-corrected chi connectivity index (χ1v) is 9.50. The molecule has 0 bridgehead atoms. The predicted octanol–water partition coefficient (Wildman–Crippen LogP) is 3.96. The molecule has 1 fully saturated rings. The largest absolute Gasteiger partial charge is 0.349 e. The molecule has 0 radical (unpaired) electrons. The Morgan fingerprint density at radius 3 is 2.59 bits per heavy atom. The standard InChI is InChI=1S/C20H21Cl2N3O2/c1-25(11-13-6-7-14(21)10-17(13)22)12-19(26)24-18-5-3-2-4-16(18)20(27)23-15-8-9-15/h2-7,10,15H,8-9,11-12H2,1H3,(H,23,27)(H,24,26). The van der Waals surface area contributed by atoms with E-state index in [4.69, 9.17) is 23.2 Å². The van der Waals surface area contributed by atoms with Crippen LogP contribution >= 0.6 is 23.2 Å². The fourth-order valence-corrected chi connectivity index (χ4v) is 3.18. The molecule has 0 aliphatic heterocycles. The minimum atomic E-state index is -0.200. The molecule has 0 heterocycles. The van der Waals surface area contributed by atoms with Crippen LogP contribution in [0.3, 0.4) is 0 Å². The minimum Gasteiger partial charge on any atom is -0.349 e. The van der Waals surface area contributed by atoms with Crippen molar-refractivity contribution >= 4 is 40.7 Å². The SMILES string of the molecule is CN(CC(=O)Nc1ccccc1C(=O)NC1CC1)Cc1ccc(Cl)cc1Cl. The number of hydrogen-bond acceptors (Lipinski definition) is 3. The van der Waals surface area contributed by atoms with E-state index in [1.807, 2.05) is 18.0 Å². The van der Waals surface area contributed by atoms with E-state index in [-0.39, 0.29) is 24.4 Å². The van der Waals surface area contributed by atoms with Gasteiger partial charge in [-0.1, -0.05) is 41.4 Å². The van der Waals surface area contributed by atoms with Gasteiger partial charge in [-0.3, -0.25) is 14.5 Å². The smallest absolute Gasteiger partial charge is 0.253 e. The monoisotopic (exact) mass is 405 g/mol. The number of amides is 2. The van der Waals surface area contributed by atoms with Crippen molar-refractivity contribution < 1.29 is 9.59 Å². The average Bonchev–Trinajstić information content (AvgIpc) is 3.41. The van der Waals surface area contributed by atoms with Crippen LogP contribution in [0.5, 0.6) is 0 Å². The first-order chi connectivity index (χ1) is 12.9. The van der Waals surface area contributed by atoms with Gasteiger partial charge in [-0.2, -0.15) is 0 Å². The molecule has 1 saturated carbocycles. The number of rotatable bonds is 7. The molecule has 142 valence electrons. The van der Waals surface area contributed by atoms with Crippen LogP contribution in [0.1, 0.15) is 28.8 Å². The summed E-state index contributed by atoms with van der Waals surface area (Å²) < 4.78 is 0. The number of anilines is 1. The van der Waals surface area contributed by atoms with Gasteiger partial charge in [0.25, 0.3) is 5.91 Å². The molecule has 7 heteroatoms. The van der Waals surface area contributed by atoms with Crippen molar-refractivity contribution in [1.29, 1.82) is 0 Å². The van der Waals surface area contributed by atoms with E-state index in [0.717, 1.165) is 18.4 Å². The summed E-state index contributed by atoms with van der Waals surface area (Å²) in [7, 11) is 1.83. The highest BCUT2D eigenvalue weighted by molar-refractivity contribution is 6.35. The van der Waals surface area contributed by atoms with E-state index >= 15 is 0 Å². The van der Waals surface area contributed by atoms with Crippen LogP contribution < -0.4 is 10.6 Å². The van der Waals surface area contributed by atoms with E-state index in [2.05, 4.69) is 10.6 Å². The van der Waals surface area contributed by atoms with Crippen molar-refractivity contribution in [2.24, 2.45) is 0 Å². The number of nitrogens with zero attached hydrogens (tertiary/aromatic N) is 1. The summed E-state index contributed by atoms with van der Waals surface area (Å²) >= 11 is 12.1. The van der Waals surface area contributed by atoms with Crippen LogP contribution in [0.25, 0.3) is 0 Å². The molecule has 0 saturated heterocycles. The molecule has 2 aromatic rings. The summed E-state index contributed by atoms with van der Waals surface area (Å²) in [5.74, 6) is -0.357. The van der Waals surface area contributed by atoms with Gasteiger partial charge in [0.1, 0.15) is 0 Å². The Bertz CT molecular complexity index is 853. The van der Waals surface area contributed by atoms with Crippen LogP contribution in [0.2, 0.25) is 10.0 Å². The van der Waals surface area contributed by atoms with Gasteiger partial charge in [-0.15, -0.1) is 0 Å². The predicted molar refractivity (Wildman–Crippen MR) is 108 cm³/mol. The number of carbonyl (C=O) groups is 2. The van der Waals surface area contributed by atoms with Crippen molar-refractivity contribution in [1.82, 2.24) is 10.2 Å². The van der Waals surface area contributed by atoms with E-state index in [9.17, 15) is 9.59 Å². The summed E-state index contributed by atoms with van der Waals surface area (Å²) in [5, 5.41) is 6.91. The topological polar surface area (TPSA) is 61.4 Å². The highest BCUT2D eigenvalue weighted by atomic mass is 35.5. The Kier molecular flexibility index (Phi) is 6.37. The number of hydrogen-bond donors (Lipinski definition) is 2. The van der Waals surface area contributed by atoms with Gasteiger partial charge in [0.15, 0.2) is 0 Å². The van der Waals surface area contributed by atoms with Crippen LogP contribution in [0.4, 0.5) is 5.69 Å². The Morgan fingerprint density at radius 1 is 1.15 bits per heavy atom. The van der Waals surface area contributed by atoms with E-state index in [1.165, 1.54) is 0 Å². The fourth-order valence-electron chi connectivity index (χ4n) is 2.71. The quantitative estimate of drug-likeness (QED) is 0.732. The van der Waals surface area contributed by atoms with Crippen LogP contribution in [-0.2, 0) is 11.3 Å². The third kappa shape index (κ3) is 5.70. The molecule has 1 aliphatic carbocycles. The molecule has 2 N–H and O–H groups in total. The molecule has 3 rings (SSSR count). The second kappa shape index (κ2) is 8.74. The molecule has 2 aromatic carbocycles. The zero-order chi connectivity index (χ0) is 19.4. The molecule has 27 heavy (non-hydrogen) atoms. The van der Waals surface area contributed by atoms with Crippen molar-refractivity contribution in [3.63, 3.8) is 0 Å². The molecule has 5 nitrogen and oxygen atoms in total. The number of likely N-dealkylation sites (N-methyl/N-ethyl adjacent to an activating group) is 1. The van der Waals surface area contributed by atoms with Crippen LogP contribution in [0, 0.1) is 0 Å². The lowest BCUT2D eigenvalue weighted by molar-refractivity contribution is -0.117. The highest BCUT2D eigenvalue weighted by Gasteiger charge is 2.25. The normalized spacial score (nSPS) is 13.5. The third-order valence-electron chi connectivity index (χ3n) is 4.23. The Labute approximate surface area is 168 Å². The second-order valence-corrected chi connectivity index (χ2v) is 7.59. The van der Waals surface area contributed by atoms with Crippen molar-refractivity contribution in [2.45, 2.75) is 25.4 Å². The zero-order valence-electron chi connectivity index (χ0n) is 15.0. The molecule has 0 unspecified atom stereocenters. The summed E-state index contributed by atoms with van der Waals surface area (Å²) in [5.41, 5.74) is 1.88. The van der Waals surface area contributed by atoms with Gasteiger partial charge in [0.2, 0.25) is 5.91 Å². The maximum Gasteiger partial charge on any atom is 0.253 e. The molecule has 0 aromatic heterocycles. The van der Waals surface area contributed by atoms with Gasteiger partial charge < -0.3 is 10.6 Å². The average molecular weight is 406 g/mol. The van der Waals surface area contributed by atoms with Crippen LogP contribution in [0.15, 0.2) is 42.5 Å². The summed E-state index contributed by atoms with van der Waals surface area (Å²) in [4.78, 5) is 26.6. The third-order valence-corrected chi connectivity index (χ3v) is 4.81. The number of para-hydroxylation sites is 1. The summed E-state index contributed by atoms with van der Waals surface area (Å²) in [6.07, 6.45) is 2.02. The van der Waals surface area contributed by atoms with Gasteiger partial charge in [-0.05, 0) is 49.7 Å². The Morgan fingerprint density at radius 2 is 1.89 bits per heavy atom. The molecular formula is C20H21Cl2N3O2. The minimum absolute atomic E-state index is 0.158. The fraction of sp³-hybridized carbons (Fsp3) is 0.300. The zero-order valence-corrected chi connectivity index (χ0v) is 16.5. The molecular weight excluding hydrogens is 385 g/mol. The van der Waals surface area contributed by atoms with Crippen LogP contribution in [-0.4, -0.2) is 36.3 Å². The molecule has 2 amide bonds. The molecule has 0 atom stereocenters. The Hall–Kier alpha value is -2.08. The summed E-state index contributed by atoms with van der Waals surface area (Å²) in [6, 6.07) is 12.6. The van der Waals surface area contributed by atoms with Gasteiger partial charge in [-0.25, -0.2) is 0 Å². The first-order valence-electron chi connectivity index (χ1n) is 8.74. The van der Waals surface area contributed by atoms with E-state index in [1.54, 1.807) is 36.4 Å². The van der Waals surface area contributed by atoms with E-state index < -0.39 is 0 Å². The maximum atomic E-state index is 12.4. The highest BCUT2D eigenvalue weighted by Crippen LogP contribution is 2.23. The number of benzene rings is 2. The lowest BCUT2D eigenvalue weighted by Crippen LogP contribution is -2.31. The van der Waals surface area contributed by atoms with Gasteiger partial charge in [0.05, 0.1) is 17.8 Å². The van der Waals surface area contributed by atoms with E-state index in [0.29, 0.717) is 27.8 Å². The maximum absolute atomic E-state index is 12.4. The lowest BCUT2D eigenvalue weighted by Gasteiger charge is -2.18. The number of halogens is 2. The van der Waals surface area contributed by atoms with Crippen molar-refractivity contribution in [3.05, 3.63) is 63.6 Å². The number of nitrogens with one attached hydrogen (secondary N) is 2. The Balaban J connectivity index is 1.59. The van der Waals surface area contributed by atoms with Gasteiger partial charge in [0, 0.05) is 22.6 Å². The first kappa shape index (κ1) is 19.7. The van der Waals surface area contributed by atoms with Crippen molar-refractivity contribution in [2.75, 3.05) is 18.9 Å². The lowest BCUT2D eigenvalue weighted by atomic mass is 10.1. The van der Waals surface area contributed by atoms with Crippen molar-refractivity contribution in [3.8, 4) is 0 Å². The second-order valence-electron chi connectivity index (χ2n) is 6.75. The summed E-state index contributed by atoms with van der Waals surface area (Å²) in [6.45, 7) is 0.671. The number of carbonyl (C=O) groups excluding carboxylic acids is 2.